The van der Waals surface area contributed by atoms with Gasteiger partial charge in [0.1, 0.15) is 17.1 Å². The van der Waals surface area contributed by atoms with E-state index < -0.39 is 5.97 Å². The lowest BCUT2D eigenvalue weighted by Gasteiger charge is -2.05. The molecular weight excluding hydrogens is 246 g/mol. The summed E-state index contributed by atoms with van der Waals surface area (Å²) in [6.07, 6.45) is 1.44. The van der Waals surface area contributed by atoms with Crippen molar-refractivity contribution in [2.45, 2.75) is 13.8 Å². The van der Waals surface area contributed by atoms with E-state index in [2.05, 4.69) is 5.32 Å². The van der Waals surface area contributed by atoms with Crippen LogP contribution in [0.3, 0.4) is 0 Å². The lowest BCUT2D eigenvalue weighted by molar-refractivity contribution is -0.114. The van der Waals surface area contributed by atoms with E-state index in [-0.39, 0.29) is 5.91 Å². The molecule has 2 aromatic rings. The molecular formula is C14H13NO4. The first-order valence-electron chi connectivity index (χ1n) is 5.70. The summed E-state index contributed by atoms with van der Waals surface area (Å²) in [5.41, 5.74) is 1.04. The van der Waals surface area contributed by atoms with Crippen LogP contribution in [0, 0.1) is 6.92 Å². The molecule has 0 saturated heterocycles. The Morgan fingerprint density at radius 3 is 2.37 bits per heavy atom. The van der Waals surface area contributed by atoms with Gasteiger partial charge in [0.2, 0.25) is 5.91 Å². The number of carbonyl (C=O) groups excluding carboxylic acids is 2. The van der Waals surface area contributed by atoms with Crippen molar-refractivity contribution < 1.29 is 18.7 Å². The number of esters is 1. The Balaban J connectivity index is 2.06. The molecule has 0 aliphatic heterocycles. The summed E-state index contributed by atoms with van der Waals surface area (Å²) < 4.78 is 10.2. The molecule has 0 fully saturated rings. The number of hydrogen-bond acceptors (Lipinski definition) is 4. The van der Waals surface area contributed by atoms with Crippen LogP contribution in [0.2, 0.25) is 0 Å². The predicted octanol–water partition coefficient (Wildman–Crippen LogP) is 2.77. The largest absolute Gasteiger partial charge is 0.469 e. The summed E-state index contributed by atoms with van der Waals surface area (Å²) in [6.45, 7) is 3.12. The molecule has 0 spiro atoms. The van der Waals surface area contributed by atoms with E-state index in [1.807, 2.05) is 0 Å². The van der Waals surface area contributed by atoms with Gasteiger partial charge in [-0.25, -0.2) is 4.79 Å². The fourth-order valence-corrected chi connectivity index (χ4v) is 1.57. The van der Waals surface area contributed by atoms with E-state index in [0.717, 1.165) is 0 Å². The van der Waals surface area contributed by atoms with Crippen LogP contribution in [0.1, 0.15) is 23.0 Å². The number of furan rings is 1. The third kappa shape index (κ3) is 3.22. The van der Waals surface area contributed by atoms with Gasteiger partial charge in [-0.3, -0.25) is 4.79 Å². The molecule has 0 saturated carbocycles. The standard InChI is InChI=1S/C14H13NO4/c1-9-13(7-8-18-9)14(17)19-12-5-3-11(4-6-12)15-10(2)16/h3-8H,1-2H3,(H,15,16). The Bertz CT molecular complexity index is 598. The van der Waals surface area contributed by atoms with Gasteiger partial charge in [-0.05, 0) is 37.3 Å². The first kappa shape index (κ1) is 12.9. The van der Waals surface area contributed by atoms with Crippen LogP contribution in [0.4, 0.5) is 5.69 Å². The van der Waals surface area contributed by atoms with Gasteiger partial charge >= 0.3 is 5.97 Å². The number of rotatable bonds is 3. The van der Waals surface area contributed by atoms with Gasteiger partial charge in [-0.15, -0.1) is 0 Å². The molecule has 1 N–H and O–H groups in total. The smallest absolute Gasteiger partial charge is 0.347 e. The van der Waals surface area contributed by atoms with Gasteiger partial charge in [0.05, 0.1) is 6.26 Å². The second kappa shape index (κ2) is 5.39. The molecule has 1 amide bonds. The van der Waals surface area contributed by atoms with Crippen LogP contribution in [-0.2, 0) is 4.79 Å². The van der Waals surface area contributed by atoms with Crippen molar-refractivity contribution in [3.63, 3.8) is 0 Å². The van der Waals surface area contributed by atoms with Gasteiger partial charge in [0.25, 0.3) is 0 Å². The van der Waals surface area contributed by atoms with Crippen molar-refractivity contribution in [2.75, 3.05) is 5.32 Å². The lowest BCUT2D eigenvalue weighted by atomic mass is 10.2. The zero-order chi connectivity index (χ0) is 13.8. The molecule has 1 heterocycles. The molecule has 0 radical (unpaired) electrons. The van der Waals surface area contributed by atoms with E-state index in [1.165, 1.54) is 13.2 Å². The molecule has 0 atom stereocenters. The summed E-state index contributed by atoms with van der Waals surface area (Å²) >= 11 is 0. The third-order valence-corrected chi connectivity index (χ3v) is 2.46. The van der Waals surface area contributed by atoms with Gasteiger partial charge in [0.15, 0.2) is 0 Å². The fourth-order valence-electron chi connectivity index (χ4n) is 1.57. The molecule has 0 bridgehead atoms. The van der Waals surface area contributed by atoms with Crippen LogP contribution in [-0.4, -0.2) is 11.9 Å². The van der Waals surface area contributed by atoms with Crippen molar-refractivity contribution in [3.05, 3.63) is 47.9 Å². The second-order valence-electron chi connectivity index (χ2n) is 3.99. The number of benzene rings is 1. The topological polar surface area (TPSA) is 68.5 Å². The lowest BCUT2D eigenvalue weighted by Crippen LogP contribution is -2.09. The first-order valence-corrected chi connectivity index (χ1v) is 5.70. The summed E-state index contributed by atoms with van der Waals surface area (Å²) in [4.78, 5) is 22.7. The van der Waals surface area contributed by atoms with Crippen LogP contribution in [0.25, 0.3) is 0 Å². The molecule has 5 nitrogen and oxygen atoms in total. The summed E-state index contributed by atoms with van der Waals surface area (Å²) in [6, 6.07) is 8.10. The Kier molecular flexibility index (Phi) is 3.66. The van der Waals surface area contributed by atoms with E-state index in [4.69, 9.17) is 9.15 Å². The monoisotopic (exact) mass is 259 g/mol. The predicted molar refractivity (Wildman–Crippen MR) is 69.1 cm³/mol. The molecule has 19 heavy (non-hydrogen) atoms. The Morgan fingerprint density at radius 2 is 1.84 bits per heavy atom. The van der Waals surface area contributed by atoms with Crippen LogP contribution in [0.15, 0.2) is 41.0 Å². The van der Waals surface area contributed by atoms with Crippen molar-refractivity contribution in [3.8, 4) is 5.75 Å². The molecule has 2 rings (SSSR count). The van der Waals surface area contributed by atoms with Crippen molar-refractivity contribution in [2.24, 2.45) is 0 Å². The summed E-state index contributed by atoms with van der Waals surface area (Å²) in [7, 11) is 0. The van der Waals surface area contributed by atoms with E-state index >= 15 is 0 Å². The van der Waals surface area contributed by atoms with Gasteiger partial charge in [-0.2, -0.15) is 0 Å². The van der Waals surface area contributed by atoms with Crippen LogP contribution < -0.4 is 10.1 Å². The highest BCUT2D eigenvalue weighted by Crippen LogP contribution is 2.18. The number of hydrogen-bond donors (Lipinski definition) is 1. The number of ether oxygens (including phenoxy) is 1. The van der Waals surface area contributed by atoms with Gasteiger partial charge in [-0.1, -0.05) is 0 Å². The number of amides is 1. The van der Waals surface area contributed by atoms with Crippen LogP contribution in [0.5, 0.6) is 5.75 Å². The number of nitrogens with one attached hydrogen (secondary N) is 1. The molecule has 1 aromatic carbocycles. The summed E-state index contributed by atoms with van der Waals surface area (Å²) in [5, 5.41) is 2.63. The maximum absolute atomic E-state index is 11.8. The van der Waals surface area contributed by atoms with Gasteiger partial charge < -0.3 is 14.5 Å². The van der Waals surface area contributed by atoms with E-state index in [9.17, 15) is 9.59 Å². The average Bonchev–Trinajstić information content (AvgIpc) is 2.77. The highest BCUT2D eigenvalue weighted by atomic mass is 16.5. The van der Waals surface area contributed by atoms with Crippen molar-refractivity contribution in [1.29, 1.82) is 0 Å². The maximum atomic E-state index is 11.8. The molecule has 0 aliphatic rings. The molecule has 5 heteroatoms. The molecule has 0 aliphatic carbocycles. The summed E-state index contributed by atoms with van der Waals surface area (Å²) in [5.74, 6) is 0.289. The van der Waals surface area contributed by atoms with E-state index in [1.54, 1.807) is 37.3 Å². The first-order chi connectivity index (χ1) is 9.06. The minimum absolute atomic E-state index is 0.154. The molecule has 0 unspecified atom stereocenters. The second-order valence-corrected chi connectivity index (χ2v) is 3.99. The zero-order valence-electron chi connectivity index (χ0n) is 10.6. The minimum Gasteiger partial charge on any atom is -0.469 e. The van der Waals surface area contributed by atoms with Crippen molar-refractivity contribution in [1.82, 2.24) is 0 Å². The third-order valence-electron chi connectivity index (χ3n) is 2.46. The molecule has 1 aromatic heterocycles. The van der Waals surface area contributed by atoms with Crippen LogP contribution >= 0.6 is 0 Å². The Morgan fingerprint density at radius 1 is 1.16 bits per heavy atom. The number of aryl methyl sites for hydroxylation is 1. The SMILES string of the molecule is CC(=O)Nc1ccc(OC(=O)c2ccoc2C)cc1. The van der Waals surface area contributed by atoms with E-state index in [0.29, 0.717) is 22.8 Å². The highest BCUT2D eigenvalue weighted by molar-refractivity contribution is 5.92. The zero-order valence-corrected chi connectivity index (χ0v) is 10.6. The number of carbonyl (C=O) groups is 2. The average molecular weight is 259 g/mol. The normalized spacial score (nSPS) is 10.0. The van der Waals surface area contributed by atoms with Crippen molar-refractivity contribution >= 4 is 17.6 Å². The Hall–Kier alpha value is -2.56. The Labute approximate surface area is 110 Å². The fraction of sp³-hybridized carbons (Fsp3) is 0.143. The quantitative estimate of drug-likeness (QED) is 0.679. The molecule has 98 valence electrons. The van der Waals surface area contributed by atoms with Gasteiger partial charge in [0, 0.05) is 12.6 Å². The maximum Gasteiger partial charge on any atom is 0.347 e. The minimum atomic E-state index is -0.474. The number of anilines is 1. The highest BCUT2D eigenvalue weighted by Gasteiger charge is 2.13.